The van der Waals surface area contributed by atoms with Crippen LogP contribution in [-0.4, -0.2) is 54.2 Å². The third-order valence-corrected chi connectivity index (χ3v) is 4.65. The van der Waals surface area contributed by atoms with Gasteiger partial charge in [0.25, 0.3) is 0 Å². The largest absolute Gasteiger partial charge is 0.359 e. The van der Waals surface area contributed by atoms with Crippen molar-refractivity contribution in [3.05, 3.63) is 35.6 Å². The Labute approximate surface area is 153 Å². The maximum absolute atomic E-state index is 13.5. The van der Waals surface area contributed by atoms with Crippen molar-refractivity contribution in [3.63, 3.8) is 0 Å². The predicted octanol–water partition coefficient (Wildman–Crippen LogP) is 1.69. The molecule has 1 aromatic carbocycles. The lowest BCUT2D eigenvalue weighted by molar-refractivity contribution is -0.140. The summed E-state index contributed by atoms with van der Waals surface area (Å²) in [5.74, 6) is -0.486. The first kappa shape index (κ1) is 19.9. The highest BCUT2D eigenvalue weighted by molar-refractivity contribution is 5.84. The summed E-state index contributed by atoms with van der Waals surface area (Å²) >= 11 is 0. The van der Waals surface area contributed by atoms with Gasteiger partial charge in [0, 0.05) is 33.1 Å². The molecule has 0 radical (unpaired) electrons. The molecule has 1 aromatic rings. The van der Waals surface area contributed by atoms with E-state index in [1.165, 1.54) is 17.0 Å². The van der Waals surface area contributed by atoms with Crippen molar-refractivity contribution in [1.82, 2.24) is 15.1 Å². The van der Waals surface area contributed by atoms with Gasteiger partial charge in [-0.05, 0) is 43.4 Å². The van der Waals surface area contributed by atoms with Gasteiger partial charge in [-0.15, -0.1) is 0 Å². The second-order valence-electron chi connectivity index (χ2n) is 6.52. The minimum absolute atomic E-state index is 0.0315. The monoisotopic (exact) mass is 363 g/mol. The fraction of sp³-hybridized carbons (Fsp3) is 0.526. The Morgan fingerprint density at radius 1 is 1.38 bits per heavy atom. The average Bonchev–Trinajstić information content (AvgIpc) is 3.12. The Morgan fingerprint density at radius 2 is 2.19 bits per heavy atom. The van der Waals surface area contributed by atoms with Crippen LogP contribution in [0.4, 0.5) is 4.39 Å². The molecule has 142 valence electrons. The molecule has 1 unspecified atom stereocenters. The zero-order chi connectivity index (χ0) is 18.9. The summed E-state index contributed by atoms with van der Waals surface area (Å²) in [6, 6.07) is 5.73. The van der Waals surface area contributed by atoms with Crippen molar-refractivity contribution in [2.45, 2.75) is 44.7 Å². The van der Waals surface area contributed by atoms with Crippen LogP contribution in [0, 0.1) is 5.82 Å². The third-order valence-electron chi connectivity index (χ3n) is 4.65. The number of carbonyl (C=O) groups excluding carboxylic acids is 3. The first-order chi connectivity index (χ1) is 12.5. The number of hydrogen-bond donors (Lipinski definition) is 1. The average molecular weight is 363 g/mol. The predicted molar refractivity (Wildman–Crippen MR) is 95.5 cm³/mol. The lowest BCUT2D eigenvalue weighted by Gasteiger charge is -2.29. The number of nitrogens with zero attached hydrogens (tertiary/aromatic N) is 2. The van der Waals surface area contributed by atoms with E-state index in [0.29, 0.717) is 50.9 Å². The highest BCUT2D eigenvalue weighted by Gasteiger charge is 2.32. The molecule has 1 saturated heterocycles. The Kier molecular flexibility index (Phi) is 7.56. The van der Waals surface area contributed by atoms with E-state index < -0.39 is 6.04 Å². The van der Waals surface area contributed by atoms with Gasteiger partial charge in [0.15, 0.2) is 0 Å². The molecule has 26 heavy (non-hydrogen) atoms. The molecule has 0 spiro atoms. The van der Waals surface area contributed by atoms with Gasteiger partial charge in [-0.1, -0.05) is 12.1 Å². The zero-order valence-electron chi connectivity index (χ0n) is 15.1. The van der Waals surface area contributed by atoms with Crippen molar-refractivity contribution in [1.29, 1.82) is 0 Å². The van der Waals surface area contributed by atoms with Crippen molar-refractivity contribution in [2.75, 3.05) is 20.1 Å². The first-order valence-electron chi connectivity index (χ1n) is 9.00. The zero-order valence-corrected chi connectivity index (χ0v) is 15.1. The summed E-state index contributed by atoms with van der Waals surface area (Å²) in [6.45, 7) is 1.35. The second kappa shape index (κ2) is 9.89. The van der Waals surface area contributed by atoms with E-state index in [9.17, 15) is 18.8 Å². The fourth-order valence-corrected chi connectivity index (χ4v) is 3.23. The molecule has 1 fully saturated rings. The molecule has 1 aliphatic rings. The van der Waals surface area contributed by atoms with E-state index in [1.54, 1.807) is 24.1 Å². The quantitative estimate of drug-likeness (QED) is 0.536. The molecule has 1 heterocycles. The van der Waals surface area contributed by atoms with Crippen LogP contribution in [0.5, 0.6) is 0 Å². The summed E-state index contributed by atoms with van der Waals surface area (Å²) in [5, 5.41) is 2.57. The number of rotatable bonds is 9. The van der Waals surface area contributed by atoms with E-state index in [1.807, 2.05) is 0 Å². The van der Waals surface area contributed by atoms with Crippen molar-refractivity contribution in [2.24, 2.45) is 0 Å². The van der Waals surface area contributed by atoms with Crippen LogP contribution >= 0.6 is 0 Å². The Hall–Kier alpha value is -2.44. The molecule has 2 rings (SSSR count). The second-order valence-corrected chi connectivity index (χ2v) is 6.52. The summed E-state index contributed by atoms with van der Waals surface area (Å²) in [5.41, 5.74) is 0.709. The van der Waals surface area contributed by atoms with Gasteiger partial charge in [0.1, 0.15) is 11.9 Å². The van der Waals surface area contributed by atoms with Gasteiger partial charge in [0.05, 0.1) is 0 Å². The van der Waals surface area contributed by atoms with Crippen molar-refractivity contribution >= 4 is 18.2 Å². The minimum atomic E-state index is -0.444. The summed E-state index contributed by atoms with van der Waals surface area (Å²) in [6.07, 6.45) is 3.91. The number of halogens is 1. The SMILES string of the molecule is CNC(=O)CCCCN(Cc1cccc(F)c1)C(=O)C1CCCN1C=O. The molecular weight excluding hydrogens is 337 g/mol. The lowest BCUT2D eigenvalue weighted by Crippen LogP contribution is -2.45. The highest BCUT2D eigenvalue weighted by atomic mass is 19.1. The van der Waals surface area contributed by atoms with Crippen LogP contribution in [-0.2, 0) is 20.9 Å². The van der Waals surface area contributed by atoms with Gasteiger partial charge >= 0.3 is 0 Å². The maximum Gasteiger partial charge on any atom is 0.245 e. The molecule has 1 N–H and O–H groups in total. The summed E-state index contributed by atoms with van der Waals surface area (Å²) < 4.78 is 13.5. The molecule has 1 aliphatic heterocycles. The van der Waals surface area contributed by atoms with Gasteiger partial charge in [0.2, 0.25) is 18.2 Å². The summed E-state index contributed by atoms with van der Waals surface area (Å²) in [4.78, 5) is 38.7. The number of hydrogen-bond acceptors (Lipinski definition) is 3. The van der Waals surface area contributed by atoms with Gasteiger partial charge in [-0.3, -0.25) is 14.4 Å². The molecule has 0 saturated carbocycles. The van der Waals surface area contributed by atoms with E-state index in [4.69, 9.17) is 0 Å². The third kappa shape index (κ3) is 5.54. The van der Waals surface area contributed by atoms with Crippen LogP contribution in [0.25, 0.3) is 0 Å². The van der Waals surface area contributed by atoms with Crippen LogP contribution < -0.4 is 5.32 Å². The van der Waals surface area contributed by atoms with Crippen molar-refractivity contribution in [3.8, 4) is 0 Å². The molecule has 3 amide bonds. The van der Waals surface area contributed by atoms with Gasteiger partial charge in [-0.25, -0.2) is 4.39 Å². The molecule has 0 bridgehead atoms. The topological polar surface area (TPSA) is 69.7 Å². The Morgan fingerprint density at radius 3 is 2.88 bits per heavy atom. The Bertz CT molecular complexity index is 638. The van der Waals surface area contributed by atoms with Crippen LogP contribution in [0.1, 0.15) is 37.7 Å². The number of nitrogens with one attached hydrogen (secondary N) is 1. The maximum atomic E-state index is 13.5. The Balaban J connectivity index is 2.03. The number of carbonyl (C=O) groups is 3. The minimum Gasteiger partial charge on any atom is -0.359 e. The van der Waals surface area contributed by atoms with E-state index in [0.717, 1.165) is 12.8 Å². The molecule has 0 aliphatic carbocycles. The van der Waals surface area contributed by atoms with E-state index in [-0.39, 0.29) is 17.6 Å². The standard InChI is InChI=1S/C19H26FN3O3/c1-21-18(25)9-2-3-10-22(13-15-6-4-7-16(20)12-15)19(26)17-8-5-11-23(17)14-24/h4,6-7,12,14,17H,2-3,5,8-11,13H2,1H3,(H,21,25). The molecular formula is C19H26FN3O3. The smallest absolute Gasteiger partial charge is 0.245 e. The fourth-order valence-electron chi connectivity index (χ4n) is 3.23. The molecule has 1 atom stereocenters. The van der Waals surface area contributed by atoms with E-state index >= 15 is 0 Å². The van der Waals surface area contributed by atoms with Crippen LogP contribution in [0.15, 0.2) is 24.3 Å². The first-order valence-corrected chi connectivity index (χ1v) is 9.00. The number of unbranched alkanes of at least 4 members (excludes halogenated alkanes) is 1. The van der Waals surface area contributed by atoms with Crippen LogP contribution in [0.3, 0.4) is 0 Å². The highest BCUT2D eigenvalue weighted by Crippen LogP contribution is 2.19. The normalized spacial score (nSPS) is 16.4. The number of amides is 3. The van der Waals surface area contributed by atoms with E-state index in [2.05, 4.69) is 5.32 Å². The number of likely N-dealkylation sites (tertiary alicyclic amines) is 1. The molecule has 6 nitrogen and oxygen atoms in total. The van der Waals surface area contributed by atoms with Gasteiger partial charge in [-0.2, -0.15) is 0 Å². The molecule has 0 aromatic heterocycles. The molecule has 7 heteroatoms. The lowest BCUT2D eigenvalue weighted by atomic mass is 10.1. The van der Waals surface area contributed by atoms with Crippen molar-refractivity contribution < 1.29 is 18.8 Å². The van der Waals surface area contributed by atoms with Gasteiger partial charge < -0.3 is 15.1 Å². The van der Waals surface area contributed by atoms with Crippen LogP contribution in [0.2, 0.25) is 0 Å². The summed E-state index contributed by atoms with van der Waals surface area (Å²) in [7, 11) is 1.59. The number of benzene rings is 1.